The third-order valence-corrected chi connectivity index (χ3v) is 3.69. The quantitative estimate of drug-likeness (QED) is 0.891. The molecule has 128 valence electrons. The van der Waals surface area contributed by atoms with Gasteiger partial charge in [-0.05, 0) is 26.0 Å². The van der Waals surface area contributed by atoms with Crippen molar-refractivity contribution < 1.29 is 14.3 Å². The Morgan fingerprint density at radius 2 is 1.74 bits per heavy atom. The van der Waals surface area contributed by atoms with Gasteiger partial charge in [-0.15, -0.1) is 12.4 Å². The number of carbonyl (C=O) groups excluding carboxylic acids is 2. The third-order valence-electron chi connectivity index (χ3n) is 3.69. The summed E-state index contributed by atoms with van der Waals surface area (Å²) in [7, 11) is 0. The number of rotatable bonds is 4. The van der Waals surface area contributed by atoms with Crippen LogP contribution in [0.5, 0.6) is 5.75 Å². The van der Waals surface area contributed by atoms with E-state index in [1.54, 1.807) is 28.9 Å². The van der Waals surface area contributed by atoms with Crippen LogP contribution in [0.2, 0.25) is 0 Å². The van der Waals surface area contributed by atoms with Crippen LogP contribution in [-0.4, -0.2) is 60.4 Å². The van der Waals surface area contributed by atoms with Crippen LogP contribution in [-0.2, 0) is 4.79 Å². The first-order valence-electron chi connectivity index (χ1n) is 7.60. The van der Waals surface area contributed by atoms with Crippen LogP contribution in [0.4, 0.5) is 0 Å². The highest BCUT2D eigenvalue weighted by atomic mass is 35.5. The second-order valence-electron chi connectivity index (χ2n) is 5.34. The Morgan fingerprint density at radius 3 is 2.30 bits per heavy atom. The van der Waals surface area contributed by atoms with Crippen LogP contribution in [0.3, 0.4) is 0 Å². The van der Waals surface area contributed by atoms with Crippen LogP contribution < -0.4 is 10.5 Å². The van der Waals surface area contributed by atoms with E-state index in [1.165, 1.54) is 0 Å². The van der Waals surface area contributed by atoms with E-state index < -0.39 is 6.04 Å². The lowest BCUT2D eigenvalue weighted by atomic mass is 10.1. The summed E-state index contributed by atoms with van der Waals surface area (Å²) in [6.45, 7) is 6.14. The first-order chi connectivity index (χ1) is 10.5. The summed E-state index contributed by atoms with van der Waals surface area (Å²) in [5.41, 5.74) is 6.18. The normalized spacial score (nSPS) is 15.6. The number of ether oxygens (including phenoxy) is 1. The second kappa shape index (κ2) is 8.74. The number of hydrogen-bond donors (Lipinski definition) is 1. The van der Waals surface area contributed by atoms with Gasteiger partial charge in [0.25, 0.3) is 5.91 Å². The van der Waals surface area contributed by atoms with Crippen LogP contribution in [0.15, 0.2) is 24.3 Å². The number of hydrogen-bond acceptors (Lipinski definition) is 4. The molecule has 0 saturated carbocycles. The van der Waals surface area contributed by atoms with Crippen molar-refractivity contribution in [1.29, 1.82) is 0 Å². The van der Waals surface area contributed by atoms with E-state index in [9.17, 15) is 9.59 Å². The van der Waals surface area contributed by atoms with Crippen LogP contribution in [0, 0.1) is 0 Å². The zero-order valence-corrected chi connectivity index (χ0v) is 14.3. The first kappa shape index (κ1) is 19.3. The van der Waals surface area contributed by atoms with Crippen molar-refractivity contribution in [1.82, 2.24) is 9.80 Å². The molecule has 0 spiro atoms. The Bertz CT molecular complexity index is 543. The molecule has 1 saturated heterocycles. The minimum atomic E-state index is -0.499. The van der Waals surface area contributed by atoms with E-state index in [4.69, 9.17) is 10.5 Å². The number of amides is 2. The lowest BCUT2D eigenvalue weighted by Gasteiger charge is -2.35. The Labute approximate surface area is 143 Å². The Balaban J connectivity index is 0.00000264. The second-order valence-corrected chi connectivity index (χ2v) is 5.34. The topological polar surface area (TPSA) is 75.9 Å². The van der Waals surface area contributed by atoms with Crippen LogP contribution >= 0.6 is 12.4 Å². The van der Waals surface area contributed by atoms with Gasteiger partial charge in [0.2, 0.25) is 5.91 Å². The fourth-order valence-corrected chi connectivity index (χ4v) is 2.51. The largest absolute Gasteiger partial charge is 0.493 e. The molecule has 2 N–H and O–H groups in total. The van der Waals surface area contributed by atoms with Gasteiger partial charge in [0.15, 0.2) is 0 Å². The Morgan fingerprint density at radius 1 is 1.17 bits per heavy atom. The van der Waals surface area contributed by atoms with E-state index in [1.807, 2.05) is 19.1 Å². The minimum absolute atomic E-state index is 0. The van der Waals surface area contributed by atoms with Crippen molar-refractivity contribution in [3.63, 3.8) is 0 Å². The summed E-state index contributed by atoms with van der Waals surface area (Å²) in [4.78, 5) is 27.9. The number of para-hydroxylation sites is 1. The van der Waals surface area contributed by atoms with Gasteiger partial charge in [0.1, 0.15) is 5.75 Å². The molecule has 0 unspecified atom stereocenters. The zero-order chi connectivity index (χ0) is 16.1. The number of nitrogens with zero attached hydrogens (tertiary/aromatic N) is 2. The highest BCUT2D eigenvalue weighted by molar-refractivity contribution is 5.97. The van der Waals surface area contributed by atoms with Gasteiger partial charge in [0.05, 0.1) is 18.2 Å². The zero-order valence-electron chi connectivity index (χ0n) is 13.5. The molecular weight excluding hydrogens is 318 g/mol. The fraction of sp³-hybridized carbons (Fsp3) is 0.500. The lowest BCUT2D eigenvalue weighted by Crippen LogP contribution is -2.53. The van der Waals surface area contributed by atoms with Gasteiger partial charge in [-0.1, -0.05) is 12.1 Å². The monoisotopic (exact) mass is 341 g/mol. The van der Waals surface area contributed by atoms with Crippen molar-refractivity contribution in [3.05, 3.63) is 29.8 Å². The van der Waals surface area contributed by atoms with E-state index in [0.717, 1.165) is 0 Å². The molecule has 1 heterocycles. The molecule has 0 radical (unpaired) electrons. The number of carbonyl (C=O) groups is 2. The molecule has 1 aliphatic heterocycles. The number of benzene rings is 1. The molecule has 6 nitrogen and oxygen atoms in total. The molecule has 0 bridgehead atoms. The predicted molar refractivity (Wildman–Crippen MR) is 91.0 cm³/mol. The third kappa shape index (κ3) is 4.59. The van der Waals surface area contributed by atoms with Crippen molar-refractivity contribution in [2.24, 2.45) is 5.73 Å². The molecule has 7 heteroatoms. The first-order valence-corrected chi connectivity index (χ1v) is 7.60. The highest BCUT2D eigenvalue weighted by Gasteiger charge is 2.27. The molecule has 0 aliphatic carbocycles. The van der Waals surface area contributed by atoms with E-state index >= 15 is 0 Å². The summed E-state index contributed by atoms with van der Waals surface area (Å²) >= 11 is 0. The minimum Gasteiger partial charge on any atom is -0.493 e. The molecule has 0 aromatic heterocycles. The number of nitrogens with two attached hydrogens (primary N) is 1. The molecule has 1 fully saturated rings. The maximum absolute atomic E-state index is 12.6. The predicted octanol–water partition coefficient (Wildman–Crippen LogP) is 1.14. The maximum Gasteiger partial charge on any atom is 0.257 e. The van der Waals surface area contributed by atoms with Gasteiger partial charge >= 0.3 is 0 Å². The molecule has 1 atom stereocenters. The van der Waals surface area contributed by atoms with Gasteiger partial charge in [-0.3, -0.25) is 9.59 Å². The smallest absolute Gasteiger partial charge is 0.257 e. The van der Waals surface area contributed by atoms with Gasteiger partial charge < -0.3 is 20.3 Å². The molecule has 1 aromatic carbocycles. The molecule has 1 aromatic rings. The number of halogens is 1. The van der Waals surface area contributed by atoms with Crippen molar-refractivity contribution in [2.45, 2.75) is 19.9 Å². The van der Waals surface area contributed by atoms with Gasteiger partial charge in [0, 0.05) is 26.2 Å². The molecule has 2 amide bonds. The molecular formula is C16H24ClN3O3. The standard InChI is InChI=1S/C16H23N3O3.ClH/c1-3-22-14-7-5-4-6-13(14)16(21)19-10-8-18(9-11-19)15(20)12(2)17;/h4-7,12H,3,8-11,17H2,1-2H3;1H/t12-;/m0./s1. The maximum atomic E-state index is 12.6. The van der Waals surface area contributed by atoms with Gasteiger partial charge in [-0.25, -0.2) is 0 Å². The Kier molecular flexibility index (Phi) is 7.32. The van der Waals surface area contributed by atoms with Crippen molar-refractivity contribution >= 4 is 24.2 Å². The Hall–Kier alpha value is -1.79. The fourth-order valence-electron chi connectivity index (χ4n) is 2.51. The molecule has 23 heavy (non-hydrogen) atoms. The van der Waals surface area contributed by atoms with Crippen molar-refractivity contribution in [2.75, 3.05) is 32.8 Å². The van der Waals surface area contributed by atoms with E-state index in [-0.39, 0.29) is 24.2 Å². The van der Waals surface area contributed by atoms with E-state index in [0.29, 0.717) is 44.1 Å². The van der Waals surface area contributed by atoms with Crippen LogP contribution in [0.25, 0.3) is 0 Å². The van der Waals surface area contributed by atoms with Gasteiger partial charge in [-0.2, -0.15) is 0 Å². The summed E-state index contributed by atoms with van der Waals surface area (Å²) in [6, 6.07) is 6.74. The average molecular weight is 342 g/mol. The average Bonchev–Trinajstić information content (AvgIpc) is 2.54. The summed E-state index contributed by atoms with van der Waals surface area (Å²) in [5, 5.41) is 0. The number of piperazine rings is 1. The highest BCUT2D eigenvalue weighted by Crippen LogP contribution is 2.20. The van der Waals surface area contributed by atoms with Crippen LogP contribution in [0.1, 0.15) is 24.2 Å². The molecule has 2 rings (SSSR count). The van der Waals surface area contributed by atoms with Crippen molar-refractivity contribution in [3.8, 4) is 5.75 Å². The lowest BCUT2D eigenvalue weighted by molar-refractivity contribution is -0.133. The SMILES string of the molecule is CCOc1ccccc1C(=O)N1CCN(C(=O)[C@H](C)N)CC1.Cl. The molecule has 1 aliphatic rings. The van der Waals surface area contributed by atoms with E-state index in [2.05, 4.69) is 0 Å². The summed E-state index contributed by atoms with van der Waals surface area (Å²) in [5.74, 6) is 0.475. The summed E-state index contributed by atoms with van der Waals surface area (Å²) < 4.78 is 5.51. The summed E-state index contributed by atoms with van der Waals surface area (Å²) in [6.07, 6.45) is 0.